The van der Waals surface area contributed by atoms with Gasteiger partial charge < -0.3 is 26.5 Å². The summed E-state index contributed by atoms with van der Waals surface area (Å²) < 4.78 is 4.89. The van der Waals surface area contributed by atoms with Crippen LogP contribution in [0.25, 0.3) is 11.0 Å². The largest absolute Gasteiger partial charge is 0.467 e. The number of carbonyl (C=O) groups is 4. The molecule has 0 fully saturated rings. The van der Waals surface area contributed by atoms with Crippen molar-refractivity contribution >= 4 is 46.5 Å². The molecule has 0 aliphatic carbocycles. The number of nitrogens with two attached hydrogens (primary N) is 2. The number of nitrogen functional groups attached to an aromatic ring is 2. The number of unbranched alkanes of at least 4 members (excludes halogenated alkanes) is 1. The highest BCUT2D eigenvalue weighted by Gasteiger charge is 2.34. The van der Waals surface area contributed by atoms with Gasteiger partial charge >= 0.3 is 5.97 Å². The van der Waals surface area contributed by atoms with Crippen LogP contribution in [0.5, 0.6) is 0 Å². The highest BCUT2D eigenvalue weighted by Crippen LogP contribution is 2.25. The topological polar surface area (TPSA) is 186 Å². The van der Waals surface area contributed by atoms with Gasteiger partial charge in [-0.1, -0.05) is 24.3 Å². The molecule has 0 bridgehead atoms. The third-order valence-electron chi connectivity index (χ3n) is 7.58. The van der Waals surface area contributed by atoms with Crippen molar-refractivity contribution in [2.24, 2.45) is 0 Å². The van der Waals surface area contributed by atoms with Gasteiger partial charge in [-0.25, -0.2) is 4.79 Å². The number of nitrogens with zero attached hydrogens (tertiary/aromatic N) is 3. The van der Waals surface area contributed by atoms with Crippen LogP contribution in [0.2, 0.25) is 0 Å². The number of nitrogens with one attached hydrogen (secondary N) is 2. The normalized spacial score (nSPS) is 13.3. The maximum Gasteiger partial charge on any atom is 0.328 e. The van der Waals surface area contributed by atoms with Crippen LogP contribution in [0.3, 0.4) is 0 Å². The standard InChI is InChI=1S/C31H33N7O5/c1-43-30(42)23(11-4-5-16-38-28(40)21-9-2-3-10-22(21)29(38)41)35-27(39)19-14-12-18(13-15-19)7-6-8-20-17-34-26-24(20)25(32)36-31(33)37-26/h2-3,9-10,12-15,17,23H,4-8,11,16H2,1H3,(H,35,39)(H5,32,33,34,36,37)/t23-/m0/s1. The molecule has 1 atom stereocenters. The van der Waals surface area contributed by atoms with E-state index < -0.39 is 17.9 Å². The second-order valence-electron chi connectivity index (χ2n) is 10.4. The van der Waals surface area contributed by atoms with Crippen molar-refractivity contribution in [2.75, 3.05) is 25.1 Å². The summed E-state index contributed by atoms with van der Waals surface area (Å²) in [6.45, 7) is 0.228. The Morgan fingerprint density at radius 3 is 2.33 bits per heavy atom. The molecule has 5 rings (SSSR count). The fraction of sp³-hybridized carbons (Fsp3) is 0.290. The van der Waals surface area contributed by atoms with Gasteiger partial charge in [0, 0.05) is 18.3 Å². The van der Waals surface area contributed by atoms with Gasteiger partial charge in [0.25, 0.3) is 17.7 Å². The average molecular weight is 584 g/mol. The quantitative estimate of drug-likeness (QED) is 0.110. The predicted octanol–water partition coefficient (Wildman–Crippen LogP) is 3.04. The lowest BCUT2D eigenvalue weighted by Gasteiger charge is -2.18. The van der Waals surface area contributed by atoms with Crippen LogP contribution in [0.15, 0.2) is 54.7 Å². The number of methoxy groups -OCH3 is 1. The van der Waals surface area contributed by atoms with E-state index in [0.717, 1.165) is 35.8 Å². The van der Waals surface area contributed by atoms with Crippen molar-refractivity contribution in [2.45, 2.75) is 44.6 Å². The first-order valence-electron chi connectivity index (χ1n) is 14.1. The second kappa shape index (κ2) is 12.7. The second-order valence-corrected chi connectivity index (χ2v) is 10.4. The Morgan fingerprint density at radius 1 is 0.953 bits per heavy atom. The van der Waals surface area contributed by atoms with Crippen LogP contribution in [-0.2, 0) is 22.4 Å². The van der Waals surface area contributed by atoms with Crippen molar-refractivity contribution in [3.63, 3.8) is 0 Å². The molecule has 3 heterocycles. The van der Waals surface area contributed by atoms with Crippen molar-refractivity contribution in [3.8, 4) is 0 Å². The number of hydrogen-bond acceptors (Lipinski definition) is 9. The molecule has 1 aliphatic heterocycles. The number of fused-ring (bicyclic) bond motifs is 2. The van der Waals surface area contributed by atoms with E-state index in [0.29, 0.717) is 47.4 Å². The van der Waals surface area contributed by atoms with Crippen molar-refractivity contribution in [1.82, 2.24) is 25.2 Å². The monoisotopic (exact) mass is 583 g/mol. The zero-order valence-corrected chi connectivity index (χ0v) is 23.8. The van der Waals surface area contributed by atoms with Gasteiger partial charge in [0.15, 0.2) is 0 Å². The third kappa shape index (κ3) is 6.32. The summed E-state index contributed by atoms with van der Waals surface area (Å²) in [7, 11) is 1.27. The van der Waals surface area contributed by atoms with E-state index in [1.807, 2.05) is 18.3 Å². The van der Waals surface area contributed by atoms with E-state index in [1.165, 1.54) is 12.0 Å². The molecule has 2 aromatic heterocycles. The number of esters is 1. The van der Waals surface area contributed by atoms with E-state index >= 15 is 0 Å². The van der Waals surface area contributed by atoms with Gasteiger partial charge in [-0.2, -0.15) is 9.97 Å². The Bertz CT molecular complexity index is 1650. The molecule has 0 radical (unpaired) electrons. The van der Waals surface area contributed by atoms with Gasteiger partial charge in [-0.15, -0.1) is 0 Å². The number of carbonyl (C=O) groups excluding carboxylic acids is 4. The lowest BCUT2D eigenvalue weighted by molar-refractivity contribution is -0.143. The first kappa shape index (κ1) is 29.2. The maximum absolute atomic E-state index is 12.9. The molecule has 0 spiro atoms. The number of aromatic nitrogens is 3. The van der Waals surface area contributed by atoms with Crippen LogP contribution < -0.4 is 16.8 Å². The Balaban J connectivity index is 1.10. The number of H-pyrrole nitrogens is 1. The van der Waals surface area contributed by atoms with Crippen molar-refractivity contribution in [3.05, 3.63) is 82.5 Å². The molecule has 12 nitrogen and oxygen atoms in total. The summed E-state index contributed by atoms with van der Waals surface area (Å²) in [5.41, 5.74) is 15.6. The Labute approximate surface area is 247 Å². The Kier molecular flexibility index (Phi) is 8.65. The van der Waals surface area contributed by atoms with Crippen LogP contribution in [-0.4, -0.2) is 63.2 Å². The molecular weight excluding hydrogens is 550 g/mol. The molecule has 2 aromatic carbocycles. The minimum atomic E-state index is -0.859. The fourth-order valence-electron chi connectivity index (χ4n) is 5.34. The number of hydrogen-bond donors (Lipinski definition) is 4. The summed E-state index contributed by atoms with van der Waals surface area (Å²) in [5, 5.41) is 3.54. The number of benzene rings is 2. The molecule has 4 aromatic rings. The SMILES string of the molecule is COC(=O)[C@H](CCCCN1C(=O)c2ccccc2C1=O)NC(=O)c1ccc(CCCc2c[nH]c3nc(N)nc(N)c23)cc1. The zero-order chi connectivity index (χ0) is 30.5. The number of amides is 3. The van der Waals surface area contributed by atoms with E-state index in [9.17, 15) is 19.2 Å². The molecule has 12 heteroatoms. The minimum Gasteiger partial charge on any atom is -0.467 e. The maximum atomic E-state index is 12.9. The van der Waals surface area contributed by atoms with E-state index in [1.54, 1.807) is 36.4 Å². The summed E-state index contributed by atoms with van der Waals surface area (Å²) in [6.07, 6.45) is 5.52. The lowest BCUT2D eigenvalue weighted by Crippen LogP contribution is -2.41. The first-order valence-corrected chi connectivity index (χ1v) is 14.1. The smallest absolute Gasteiger partial charge is 0.328 e. The number of aryl methyl sites for hydroxylation is 2. The molecule has 222 valence electrons. The molecule has 0 saturated heterocycles. The van der Waals surface area contributed by atoms with Crippen LogP contribution >= 0.6 is 0 Å². The van der Waals surface area contributed by atoms with Gasteiger partial charge in [0.05, 0.1) is 23.6 Å². The Morgan fingerprint density at radius 2 is 1.65 bits per heavy atom. The molecule has 0 unspecified atom stereocenters. The van der Waals surface area contributed by atoms with E-state index in [2.05, 4.69) is 20.3 Å². The van der Waals surface area contributed by atoms with Crippen LogP contribution in [0.1, 0.15) is 67.9 Å². The molecule has 6 N–H and O–H groups in total. The van der Waals surface area contributed by atoms with Gasteiger partial charge in [-0.3, -0.25) is 19.3 Å². The van der Waals surface area contributed by atoms with Gasteiger partial charge in [-0.05, 0) is 73.9 Å². The highest BCUT2D eigenvalue weighted by molar-refractivity contribution is 6.21. The number of imide groups is 1. The number of ether oxygens (including phenoxy) is 1. The van der Waals surface area contributed by atoms with Gasteiger partial charge in [0.2, 0.25) is 5.95 Å². The van der Waals surface area contributed by atoms with Crippen LogP contribution in [0.4, 0.5) is 11.8 Å². The minimum absolute atomic E-state index is 0.125. The van der Waals surface area contributed by atoms with E-state index in [4.69, 9.17) is 16.2 Å². The predicted molar refractivity (Wildman–Crippen MR) is 160 cm³/mol. The third-order valence-corrected chi connectivity index (χ3v) is 7.58. The summed E-state index contributed by atoms with van der Waals surface area (Å²) in [4.78, 5) is 63.0. The molecule has 3 amide bonds. The molecule has 1 aliphatic rings. The van der Waals surface area contributed by atoms with Crippen LogP contribution in [0, 0.1) is 0 Å². The molecule has 43 heavy (non-hydrogen) atoms. The fourth-order valence-corrected chi connectivity index (χ4v) is 5.34. The van der Waals surface area contributed by atoms with Gasteiger partial charge in [0.1, 0.15) is 17.5 Å². The zero-order valence-electron chi connectivity index (χ0n) is 23.8. The molecule has 0 saturated carbocycles. The van der Waals surface area contributed by atoms with Crippen molar-refractivity contribution < 1.29 is 23.9 Å². The summed E-state index contributed by atoms with van der Waals surface area (Å²) in [5.74, 6) is -1.11. The number of rotatable bonds is 12. The summed E-state index contributed by atoms with van der Waals surface area (Å²) >= 11 is 0. The lowest BCUT2D eigenvalue weighted by atomic mass is 10.0. The molecular formula is C31H33N7O5. The van der Waals surface area contributed by atoms with E-state index in [-0.39, 0.29) is 24.3 Å². The highest BCUT2D eigenvalue weighted by atomic mass is 16.5. The number of anilines is 2. The first-order chi connectivity index (χ1) is 20.8. The summed E-state index contributed by atoms with van der Waals surface area (Å²) in [6, 6.07) is 13.1. The average Bonchev–Trinajstić information content (AvgIpc) is 3.52. The Hall–Kier alpha value is -5.26. The number of aromatic amines is 1. The van der Waals surface area contributed by atoms with Crippen molar-refractivity contribution in [1.29, 1.82) is 0 Å².